The Morgan fingerprint density at radius 2 is 1.55 bits per heavy atom. The summed E-state index contributed by atoms with van der Waals surface area (Å²) in [5.74, 6) is 0. The number of hydrogen-bond donors (Lipinski definition) is 0. The van der Waals surface area contributed by atoms with Gasteiger partial charge in [-0.2, -0.15) is 0 Å². The van der Waals surface area contributed by atoms with E-state index in [1.165, 1.54) is 12.8 Å². The molecule has 0 aliphatic carbocycles. The van der Waals surface area contributed by atoms with E-state index in [0.29, 0.717) is 0 Å². The van der Waals surface area contributed by atoms with Gasteiger partial charge in [-0.15, -0.1) is 0 Å². The Labute approximate surface area is 69.0 Å². The topological polar surface area (TPSA) is 50.0 Å². The normalized spacial score (nSPS) is 14.7. The van der Waals surface area contributed by atoms with Crippen molar-refractivity contribution < 1.29 is 14.9 Å². The first-order chi connectivity index (χ1) is 4.91. The lowest BCUT2D eigenvalue weighted by Crippen LogP contribution is -1.84. The highest BCUT2D eigenvalue weighted by molar-refractivity contribution is 4.43. The van der Waals surface area contributed by atoms with E-state index in [-0.39, 0.29) is 5.48 Å². The Morgan fingerprint density at radius 3 is 1.64 bits per heavy atom. The van der Waals surface area contributed by atoms with Gasteiger partial charge in [0.05, 0.1) is 0 Å². The van der Waals surface area contributed by atoms with Crippen molar-refractivity contribution in [1.29, 1.82) is 0 Å². The quantitative estimate of drug-likeness (QED) is 0.611. The minimum atomic E-state index is 0. The summed E-state index contributed by atoms with van der Waals surface area (Å²) in [6, 6.07) is 0. The van der Waals surface area contributed by atoms with Gasteiger partial charge < -0.3 is 14.9 Å². The average molecular weight is 164 g/mol. The van der Waals surface area contributed by atoms with Crippen LogP contribution in [0.4, 0.5) is 0 Å². The fourth-order valence-corrected chi connectivity index (χ4v) is 0.714. The molecule has 1 heterocycles. The molecule has 2 N–H and O–H groups in total. The standard InChI is InChI=1S/C4H8O.C4H10O.H2O/c1-2-4-5-3-1;1-3-5-4-2;/h1-4H2;3-4H2,1-2H3;1H2. The zero-order valence-electron chi connectivity index (χ0n) is 7.56. The molecule has 0 atom stereocenters. The first-order valence-electron chi connectivity index (χ1n) is 4.07. The first kappa shape index (κ1) is 13.5. The summed E-state index contributed by atoms with van der Waals surface area (Å²) in [7, 11) is 0. The maximum absolute atomic E-state index is 4.94. The number of hydrogen-bond acceptors (Lipinski definition) is 2. The molecule has 0 radical (unpaired) electrons. The van der Waals surface area contributed by atoms with Gasteiger partial charge in [0.25, 0.3) is 0 Å². The molecule has 3 nitrogen and oxygen atoms in total. The van der Waals surface area contributed by atoms with Crippen molar-refractivity contribution in [3.8, 4) is 0 Å². The Bertz CT molecular complexity index is 43.7. The number of ether oxygens (including phenoxy) is 2. The summed E-state index contributed by atoms with van der Waals surface area (Å²) < 4.78 is 9.78. The van der Waals surface area contributed by atoms with Crippen LogP contribution in [0.1, 0.15) is 26.7 Å². The SMILES string of the molecule is C1CCOC1.CCOCC.O. The van der Waals surface area contributed by atoms with Crippen molar-refractivity contribution >= 4 is 0 Å². The van der Waals surface area contributed by atoms with E-state index in [2.05, 4.69) is 0 Å². The summed E-state index contributed by atoms with van der Waals surface area (Å²) in [5.41, 5.74) is 0. The molecule has 0 unspecified atom stereocenters. The monoisotopic (exact) mass is 164 g/mol. The second-order valence-electron chi connectivity index (χ2n) is 2.10. The third-order valence-corrected chi connectivity index (χ3v) is 1.24. The van der Waals surface area contributed by atoms with Gasteiger partial charge in [0.15, 0.2) is 0 Å². The third kappa shape index (κ3) is 13.0. The average Bonchev–Trinajstić information content (AvgIpc) is 2.44. The van der Waals surface area contributed by atoms with Crippen LogP contribution in [0.15, 0.2) is 0 Å². The van der Waals surface area contributed by atoms with Crippen LogP contribution >= 0.6 is 0 Å². The molecule has 3 heteroatoms. The van der Waals surface area contributed by atoms with Gasteiger partial charge in [-0.05, 0) is 26.7 Å². The molecule has 1 rings (SSSR count). The molecule has 0 bridgehead atoms. The van der Waals surface area contributed by atoms with Crippen LogP contribution in [-0.4, -0.2) is 31.9 Å². The predicted octanol–water partition coefficient (Wildman–Crippen LogP) is 1.01. The van der Waals surface area contributed by atoms with E-state index in [4.69, 9.17) is 9.47 Å². The molecular formula is C8H20O3. The highest BCUT2D eigenvalue weighted by Gasteiger charge is 1.94. The van der Waals surface area contributed by atoms with Crippen LogP contribution in [0.3, 0.4) is 0 Å². The second-order valence-corrected chi connectivity index (χ2v) is 2.10. The van der Waals surface area contributed by atoms with Gasteiger partial charge in [0.1, 0.15) is 0 Å². The largest absolute Gasteiger partial charge is 0.412 e. The Balaban J connectivity index is 0. The van der Waals surface area contributed by atoms with E-state index in [1.807, 2.05) is 13.8 Å². The molecule has 0 aromatic rings. The Hall–Kier alpha value is -0.120. The molecule has 1 aliphatic heterocycles. The third-order valence-electron chi connectivity index (χ3n) is 1.24. The van der Waals surface area contributed by atoms with Crippen molar-refractivity contribution in [2.45, 2.75) is 26.7 Å². The van der Waals surface area contributed by atoms with Gasteiger partial charge in [-0.1, -0.05) is 0 Å². The zero-order valence-corrected chi connectivity index (χ0v) is 7.56. The fraction of sp³-hybridized carbons (Fsp3) is 1.00. The van der Waals surface area contributed by atoms with Gasteiger partial charge >= 0.3 is 0 Å². The summed E-state index contributed by atoms with van der Waals surface area (Å²) in [6.45, 7) is 7.67. The highest BCUT2D eigenvalue weighted by atomic mass is 16.5. The first-order valence-corrected chi connectivity index (χ1v) is 4.07. The van der Waals surface area contributed by atoms with E-state index in [0.717, 1.165) is 26.4 Å². The van der Waals surface area contributed by atoms with E-state index in [1.54, 1.807) is 0 Å². The molecular weight excluding hydrogens is 144 g/mol. The van der Waals surface area contributed by atoms with E-state index in [9.17, 15) is 0 Å². The van der Waals surface area contributed by atoms with Gasteiger partial charge in [0.2, 0.25) is 0 Å². The van der Waals surface area contributed by atoms with Crippen molar-refractivity contribution in [2.75, 3.05) is 26.4 Å². The Kier molecular flexibility index (Phi) is 15.4. The molecule has 1 fully saturated rings. The predicted molar refractivity (Wildman–Crippen MR) is 45.8 cm³/mol. The summed E-state index contributed by atoms with van der Waals surface area (Å²) >= 11 is 0. The molecule has 1 aliphatic rings. The Morgan fingerprint density at radius 1 is 1.09 bits per heavy atom. The smallest absolute Gasteiger partial charge is 0.0466 e. The lowest BCUT2D eigenvalue weighted by molar-refractivity contribution is 0.162. The molecule has 0 aromatic carbocycles. The molecule has 70 valence electrons. The van der Waals surface area contributed by atoms with Crippen LogP contribution in [0.2, 0.25) is 0 Å². The van der Waals surface area contributed by atoms with E-state index >= 15 is 0 Å². The second kappa shape index (κ2) is 12.5. The van der Waals surface area contributed by atoms with Crippen LogP contribution in [0, 0.1) is 0 Å². The zero-order chi connectivity index (χ0) is 7.66. The molecule has 0 spiro atoms. The fourth-order valence-electron chi connectivity index (χ4n) is 0.714. The van der Waals surface area contributed by atoms with Crippen LogP contribution in [-0.2, 0) is 9.47 Å². The summed E-state index contributed by atoms with van der Waals surface area (Å²) in [4.78, 5) is 0. The lowest BCUT2D eigenvalue weighted by atomic mass is 10.4. The minimum absolute atomic E-state index is 0. The maximum Gasteiger partial charge on any atom is 0.0466 e. The van der Waals surface area contributed by atoms with Crippen molar-refractivity contribution in [1.82, 2.24) is 0 Å². The summed E-state index contributed by atoms with van der Waals surface area (Å²) in [5, 5.41) is 0. The van der Waals surface area contributed by atoms with Gasteiger partial charge in [0, 0.05) is 26.4 Å². The van der Waals surface area contributed by atoms with Crippen LogP contribution < -0.4 is 0 Å². The van der Waals surface area contributed by atoms with Crippen molar-refractivity contribution in [2.24, 2.45) is 0 Å². The van der Waals surface area contributed by atoms with Crippen LogP contribution in [0.25, 0.3) is 0 Å². The molecule has 0 amide bonds. The van der Waals surface area contributed by atoms with Crippen molar-refractivity contribution in [3.05, 3.63) is 0 Å². The molecule has 0 saturated carbocycles. The van der Waals surface area contributed by atoms with E-state index < -0.39 is 0 Å². The van der Waals surface area contributed by atoms with Crippen LogP contribution in [0.5, 0.6) is 0 Å². The molecule has 11 heavy (non-hydrogen) atoms. The lowest BCUT2D eigenvalue weighted by Gasteiger charge is -1.86. The molecule has 1 saturated heterocycles. The summed E-state index contributed by atoms with van der Waals surface area (Å²) in [6.07, 6.45) is 2.56. The highest BCUT2D eigenvalue weighted by Crippen LogP contribution is 1.98. The number of rotatable bonds is 2. The molecule has 0 aromatic heterocycles. The maximum atomic E-state index is 4.94. The van der Waals surface area contributed by atoms with Gasteiger partial charge in [-0.25, -0.2) is 0 Å². The van der Waals surface area contributed by atoms with Crippen molar-refractivity contribution in [3.63, 3.8) is 0 Å². The minimum Gasteiger partial charge on any atom is -0.412 e. The van der Waals surface area contributed by atoms with Gasteiger partial charge in [-0.3, -0.25) is 0 Å².